The first kappa shape index (κ1) is 24.4. The lowest BCUT2D eigenvalue weighted by Gasteiger charge is -2.34. The van der Waals surface area contributed by atoms with Crippen LogP contribution >= 0.6 is 22.7 Å². The van der Waals surface area contributed by atoms with Gasteiger partial charge in [0.25, 0.3) is 5.91 Å². The van der Waals surface area contributed by atoms with Gasteiger partial charge < -0.3 is 10.3 Å². The summed E-state index contributed by atoms with van der Waals surface area (Å²) in [5, 5.41) is 8.56. The van der Waals surface area contributed by atoms with Crippen LogP contribution in [0.25, 0.3) is 22.7 Å². The molecule has 1 aliphatic rings. The van der Waals surface area contributed by atoms with E-state index in [9.17, 15) is 9.59 Å². The number of hydrogen-bond donors (Lipinski definition) is 1. The van der Waals surface area contributed by atoms with Crippen LogP contribution in [0.2, 0.25) is 0 Å². The predicted molar refractivity (Wildman–Crippen MR) is 142 cm³/mol. The molecule has 10 heteroatoms. The van der Waals surface area contributed by atoms with Gasteiger partial charge in [0.15, 0.2) is 10.9 Å². The third kappa shape index (κ3) is 5.40. The van der Waals surface area contributed by atoms with Gasteiger partial charge >= 0.3 is 0 Å². The Morgan fingerprint density at radius 3 is 2.75 bits per heavy atom. The van der Waals surface area contributed by atoms with E-state index < -0.39 is 0 Å². The van der Waals surface area contributed by atoms with Crippen molar-refractivity contribution >= 4 is 39.6 Å². The number of piperidine rings is 1. The van der Waals surface area contributed by atoms with Crippen molar-refractivity contribution < 1.29 is 14.1 Å². The highest BCUT2D eigenvalue weighted by Gasteiger charge is 2.28. The number of benzene rings is 1. The van der Waals surface area contributed by atoms with Crippen LogP contribution in [-0.4, -0.2) is 52.5 Å². The molecule has 0 unspecified atom stereocenters. The molecule has 0 radical (unpaired) electrons. The fourth-order valence-corrected chi connectivity index (χ4v) is 5.98. The van der Waals surface area contributed by atoms with Gasteiger partial charge in [0, 0.05) is 30.1 Å². The zero-order valence-electron chi connectivity index (χ0n) is 19.7. The maximum atomic E-state index is 13.4. The highest BCUT2D eigenvalue weighted by atomic mass is 32.1. The number of thiophene rings is 1. The molecule has 186 valence electrons. The molecule has 36 heavy (non-hydrogen) atoms. The minimum absolute atomic E-state index is 0.0847. The van der Waals surface area contributed by atoms with Crippen LogP contribution in [0.15, 0.2) is 63.8 Å². The Bertz CT molecular complexity index is 1300. The molecule has 3 aromatic heterocycles. The second-order valence-electron chi connectivity index (χ2n) is 8.70. The maximum Gasteiger partial charge on any atom is 0.270 e. The van der Waals surface area contributed by atoms with Crippen molar-refractivity contribution in [2.75, 3.05) is 24.5 Å². The number of aromatic nitrogens is 2. The molecule has 0 aliphatic carbocycles. The normalized spacial score (nSPS) is 16.2. The van der Waals surface area contributed by atoms with Crippen molar-refractivity contribution in [1.82, 2.24) is 15.0 Å². The van der Waals surface area contributed by atoms with Crippen molar-refractivity contribution in [2.24, 2.45) is 5.73 Å². The number of anilines is 1. The lowest BCUT2D eigenvalue weighted by molar-refractivity contribution is -0.124. The van der Waals surface area contributed by atoms with Crippen molar-refractivity contribution in [3.8, 4) is 22.7 Å². The first-order valence-electron chi connectivity index (χ1n) is 12.0. The van der Waals surface area contributed by atoms with Gasteiger partial charge in [0.2, 0.25) is 5.91 Å². The fourth-order valence-electron chi connectivity index (χ4n) is 4.47. The topological polar surface area (TPSA) is 106 Å². The zero-order chi connectivity index (χ0) is 24.9. The molecule has 1 atom stereocenters. The van der Waals surface area contributed by atoms with Crippen LogP contribution in [0.4, 0.5) is 5.13 Å². The molecule has 0 spiro atoms. The Hall–Kier alpha value is -3.34. The number of amides is 2. The first-order chi connectivity index (χ1) is 17.6. The van der Waals surface area contributed by atoms with E-state index in [0.717, 1.165) is 37.1 Å². The van der Waals surface area contributed by atoms with E-state index in [2.05, 4.69) is 10.1 Å². The summed E-state index contributed by atoms with van der Waals surface area (Å²) in [4.78, 5) is 34.5. The molecule has 5 rings (SSSR count). The first-order valence-corrected chi connectivity index (χ1v) is 13.7. The third-order valence-corrected chi connectivity index (χ3v) is 8.02. The average Bonchev–Trinajstić information content (AvgIpc) is 3.68. The number of carbonyl (C=O) groups excluding carboxylic acids is 2. The molecule has 2 N–H and O–H groups in total. The molecule has 1 saturated heterocycles. The second kappa shape index (κ2) is 11.2. The van der Waals surface area contributed by atoms with E-state index in [-0.39, 0.29) is 17.9 Å². The van der Waals surface area contributed by atoms with Crippen molar-refractivity contribution in [3.63, 3.8) is 0 Å². The van der Waals surface area contributed by atoms with Gasteiger partial charge in [0.1, 0.15) is 11.4 Å². The standard InChI is InChI=1S/C26H27N5O3S2/c27-24(32)21-10-4-5-12-30(21)13-7-14-31(25(33)23-11-6-15-35-23)26-28-20(17-36-26)22-16-19(29-34-22)18-8-2-1-3-9-18/h1-3,6,8-9,11,15-17,21H,4-5,7,10,12-14H2,(H2,27,32)/t21-/m0/s1. The smallest absolute Gasteiger partial charge is 0.270 e. The molecular weight excluding hydrogens is 494 g/mol. The van der Waals surface area contributed by atoms with Crippen LogP contribution in [0.3, 0.4) is 0 Å². The largest absolute Gasteiger partial charge is 0.368 e. The van der Waals surface area contributed by atoms with Crippen molar-refractivity contribution in [2.45, 2.75) is 31.7 Å². The van der Waals surface area contributed by atoms with E-state index >= 15 is 0 Å². The summed E-state index contributed by atoms with van der Waals surface area (Å²) in [5.41, 5.74) is 7.96. The maximum absolute atomic E-state index is 13.4. The summed E-state index contributed by atoms with van der Waals surface area (Å²) in [5.74, 6) is 0.198. The Balaban J connectivity index is 1.33. The molecular formula is C26H27N5O3S2. The van der Waals surface area contributed by atoms with Crippen LogP contribution < -0.4 is 10.6 Å². The molecule has 1 fully saturated rings. The van der Waals surface area contributed by atoms with Gasteiger partial charge in [-0.2, -0.15) is 0 Å². The highest BCUT2D eigenvalue weighted by Crippen LogP contribution is 2.31. The van der Waals surface area contributed by atoms with E-state index in [1.54, 1.807) is 4.90 Å². The van der Waals surface area contributed by atoms with Gasteiger partial charge in [-0.05, 0) is 37.3 Å². The molecule has 4 aromatic rings. The van der Waals surface area contributed by atoms with Gasteiger partial charge in [-0.3, -0.25) is 19.4 Å². The Kier molecular flexibility index (Phi) is 7.55. The predicted octanol–water partition coefficient (Wildman–Crippen LogP) is 4.90. The highest BCUT2D eigenvalue weighted by molar-refractivity contribution is 7.14. The van der Waals surface area contributed by atoms with Crippen molar-refractivity contribution in [1.29, 1.82) is 0 Å². The Morgan fingerprint density at radius 1 is 1.11 bits per heavy atom. The van der Waals surface area contributed by atoms with E-state index in [0.29, 0.717) is 41.0 Å². The van der Waals surface area contributed by atoms with Gasteiger partial charge in [0.05, 0.1) is 10.9 Å². The van der Waals surface area contributed by atoms with Crippen LogP contribution in [0.1, 0.15) is 35.4 Å². The quantitative estimate of drug-likeness (QED) is 0.336. The SMILES string of the molecule is NC(=O)[C@@H]1CCCCN1CCCN(C(=O)c1cccs1)c1nc(-c2cc(-c3ccccc3)no2)cs1. The van der Waals surface area contributed by atoms with Crippen molar-refractivity contribution in [3.05, 3.63) is 64.2 Å². The second-order valence-corrected chi connectivity index (χ2v) is 10.5. The van der Waals surface area contributed by atoms with E-state index in [1.165, 1.54) is 22.7 Å². The van der Waals surface area contributed by atoms with Crippen LogP contribution in [0.5, 0.6) is 0 Å². The number of hydrogen-bond acceptors (Lipinski definition) is 8. The summed E-state index contributed by atoms with van der Waals surface area (Å²) < 4.78 is 5.57. The minimum atomic E-state index is -0.271. The summed E-state index contributed by atoms with van der Waals surface area (Å²) in [6.45, 7) is 2.03. The van der Waals surface area contributed by atoms with Gasteiger partial charge in [-0.15, -0.1) is 22.7 Å². The third-order valence-electron chi connectivity index (χ3n) is 6.30. The fraction of sp³-hybridized carbons (Fsp3) is 0.308. The Morgan fingerprint density at radius 2 is 1.97 bits per heavy atom. The zero-order valence-corrected chi connectivity index (χ0v) is 21.3. The molecule has 4 heterocycles. The lowest BCUT2D eigenvalue weighted by atomic mass is 10.0. The summed E-state index contributed by atoms with van der Waals surface area (Å²) >= 11 is 2.81. The number of nitrogens with two attached hydrogens (primary N) is 1. The van der Waals surface area contributed by atoms with E-state index in [4.69, 9.17) is 15.2 Å². The van der Waals surface area contributed by atoms with Crippen LogP contribution in [-0.2, 0) is 4.79 Å². The van der Waals surface area contributed by atoms with Gasteiger partial charge in [-0.25, -0.2) is 4.98 Å². The summed E-state index contributed by atoms with van der Waals surface area (Å²) in [7, 11) is 0. The van der Waals surface area contributed by atoms with E-state index in [1.807, 2.05) is 59.3 Å². The summed E-state index contributed by atoms with van der Waals surface area (Å²) in [6.07, 6.45) is 3.57. The monoisotopic (exact) mass is 521 g/mol. The molecule has 0 saturated carbocycles. The van der Waals surface area contributed by atoms with Gasteiger partial charge in [-0.1, -0.05) is 48.0 Å². The minimum Gasteiger partial charge on any atom is -0.368 e. The number of carbonyl (C=O) groups is 2. The molecule has 0 bridgehead atoms. The summed E-state index contributed by atoms with van der Waals surface area (Å²) in [6, 6.07) is 15.1. The lowest BCUT2D eigenvalue weighted by Crippen LogP contribution is -2.48. The number of nitrogens with zero attached hydrogens (tertiary/aromatic N) is 4. The molecule has 1 aromatic carbocycles. The molecule has 2 amide bonds. The average molecular weight is 522 g/mol. The number of thiazole rings is 1. The Labute approximate surface area is 217 Å². The molecule has 1 aliphatic heterocycles. The molecule has 8 nitrogen and oxygen atoms in total. The number of primary amides is 1. The number of likely N-dealkylation sites (tertiary alicyclic amines) is 1. The number of rotatable bonds is 9. The van der Waals surface area contributed by atoms with Crippen LogP contribution in [0, 0.1) is 0 Å².